The van der Waals surface area contributed by atoms with Crippen molar-refractivity contribution in [2.75, 3.05) is 6.61 Å². The molecule has 0 radical (unpaired) electrons. The number of benzene rings is 1. The molecule has 5 heteroatoms. The quantitative estimate of drug-likeness (QED) is 0.629. The maximum absolute atomic E-state index is 11.3. The van der Waals surface area contributed by atoms with Crippen molar-refractivity contribution < 1.29 is 24.2 Å². The van der Waals surface area contributed by atoms with Gasteiger partial charge in [0.2, 0.25) is 0 Å². The van der Waals surface area contributed by atoms with E-state index in [9.17, 15) is 9.59 Å². The molecule has 0 atom stereocenters. The van der Waals surface area contributed by atoms with Crippen LogP contribution in [-0.4, -0.2) is 29.8 Å². The van der Waals surface area contributed by atoms with Gasteiger partial charge in [0.15, 0.2) is 6.61 Å². The van der Waals surface area contributed by atoms with Gasteiger partial charge in [0, 0.05) is 11.6 Å². The molecule has 0 aliphatic heterocycles. The van der Waals surface area contributed by atoms with Crippen molar-refractivity contribution in [3.63, 3.8) is 0 Å². The lowest BCUT2D eigenvalue weighted by atomic mass is 10.2. The standard InChI is InChI=1S/C14H16O5/c1-10(2)19-14(17)9-18-12-6-4-3-5-11(12)7-8-13(15)16/h3-8,10H,9H2,1-2H3,(H,15,16). The highest BCUT2D eigenvalue weighted by Gasteiger charge is 2.08. The van der Waals surface area contributed by atoms with E-state index in [1.165, 1.54) is 6.08 Å². The average molecular weight is 264 g/mol. The van der Waals surface area contributed by atoms with Gasteiger partial charge in [-0.1, -0.05) is 18.2 Å². The number of carboxylic acids is 1. The van der Waals surface area contributed by atoms with Gasteiger partial charge in [-0.05, 0) is 26.0 Å². The number of hydrogen-bond acceptors (Lipinski definition) is 4. The van der Waals surface area contributed by atoms with Gasteiger partial charge in [-0.15, -0.1) is 0 Å². The molecule has 0 saturated heterocycles. The highest BCUT2D eigenvalue weighted by molar-refractivity contribution is 5.85. The summed E-state index contributed by atoms with van der Waals surface area (Å²) in [7, 11) is 0. The van der Waals surface area contributed by atoms with E-state index in [2.05, 4.69) is 0 Å². The molecule has 0 aromatic heterocycles. The maximum Gasteiger partial charge on any atom is 0.344 e. The van der Waals surface area contributed by atoms with Crippen LogP contribution in [0.5, 0.6) is 5.75 Å². The summed E-state index contributed by atoms with van der Waals surface area (Å²) in [5.41, 5.74) is 0.585. The topological polar surface area (TPSA) is 72.8 Å². The molecule has 0 aliphatic carbocycles. The Bertz CT molecular complexity index is 476. The molecule has 5 nitrogen and oxygen atoms in total. The van der Waals surface area contributed by atoms with Gasteiger partial charge in [0.05, 0.1) is 6.10 Å². The smallest absolute Gasteiger partial charge is 0.344 e. The second-order valence-electron chi connectivity index (χ2n) is 4.04. The maximum atomic E-state index is 11.3. The van der Waals surface area contributed by atoms with Crippen molar-refractivity contribution in [1.29, 1.82) is 0 Å². The van der Waals surface area contributed by atoms with Crippen molar-refractivity contribution in [3.8, 4) is 5.75 Å². The first kappa shape index (κ1) is 14.8. The molecular formula is C14H16O5. The minimum Gasteiger partial charge on any atom is -0.481 e. The summed E-state index contributed by atoms with van der Waals surface area (Å²) in [6, 6.07) is 6.84. The lowest BCUT2D eigenvalue weighted by Crippen LogP contribution is -2.18. The summed E-state index contributed by atoms with van der Waals surface area (Å²) in [4.78, 5) is 21.8. The van der Waals surface area contributed by atoms with Crippen LogP contribution in [0.2, 0.25) is 0 Å². The second kappa shape index (κ2) is 7.20. The molecule has 1 rings (SSSR count). The van der Waals surface area contributed by atoms with Crippen LogP contribution in [0.1, 0.15) is 19.4 Å². The van der Waals surface area contributed by atoms with Crippen molar-refractivity contribution in [2.24, 2.45) is 0 Å². The predicted molar refractivity (Wildman–Crippen MR) is 69.8 cm³/mol. The molecule has 0 spiro atoms. The van der Waals surface area contributed by atoms with E-state index in [4.69, 9.17) is 14.6 Å². The van der Waals surface area contributed by atoms with Crippen LogP contribution in [0, 0.1) is 0 Å². The summed E-state index contributed by atoms with van der Waals surface area (Å²) < 4.78 is 10.2. The molecule has 0 heterocycles. The van der Waals surface area contributed by atoms with E-state index in [0.29, 0.717) is 11.3 Å². The summed E-state index contributed by atoms with van der Waals surface area (Å²) in [6.07, 6.45) is 2.22. The fourth-order valence-corrected chi connectivity index (χ4v) is 1.34. The Morgan fingerprint density at radius 1 is 1.32 bits per heavy atom. The summed E-state index contributed by atoms with van der Waals surface area (Å²) in [5.74, 6) is -1.08. The molecule has 19 heavy (non-hydrogen) atoms. The van der Waals surface area contributed by atoms with Crippen molar-refractivity contribution >= 4 is 18.0 Å². The minimum absolute atomic E-state index is 0.196. The Morgan fingerprint density at radius 2 is 2.00 bits per heavy atom. The number of hydrogen-bond donors (Lipinski definition) is 1. The number of aliphatic carboxylic acids is 1. The van der Waals surface area contributed by atoms with Gasteiger partial charge in [-0.3, -0.25) is 0 Å². The number of carbonyl (C=O) groups excluding carboxylic acids is 1. The fourth-order valence-electron chi connectivity index (χ4n) is 1.34. The fraction of sp³-hybridized carbons (Fsp3) is 0.286. The van der Waals surface area contributed by atoms with Crippen LogP contribution in [0.25, 0.3) is 6.08 Å². The van der Waals surface area contributed by atoms with Crippen molar-refractivity contribution in [1.82, 2.24) is 0 Å². The van der Waals surface area contributed by atoms with Crippen LogP contribution >= 0.6 is 0 Å². The highest BCUT2D eigenvalue weighted by atomic mass is 16.6. The minimum atomic E-state index is -1.05. The number of rotatable bonds is 6. The van der Waals surface area contributed by atoms with Crippen molar-refractivity contribution in [3.05, 3.63) is 35.9 Å². The van der Waals surface area contributed by atoms with E-state index in [-0.39, 0.29) is 12.7 Å². The normalized spacial score (nSPS) is 10.7. The zero-order chi connectivity index (χ0) is 14.3. The molecular weight excluding hydrogens is 248 g/mol. The second-order valence-corrected chi connectivity index (χ2v) is 4.04. The molecule has 0 bridgehead atoms. The first-order valence-electron chi connectivity index (χ1n) is 5.81. The highest BCUT2D eigenvalue weighted by Crippen LogP contribution is 2.19. The van der Waals surface area contributed by atoms with Gasteiger partial charge in [-0.25, -0.2) is 9.59 Å². The lowest BCUT2D eigenvalue weighted by Gasteiger charge is -2.10. The zero-order valence-electron chi connectivity index (χ0n) is 10.8. The molecule has 1 aromatic rings. The summed E-state index contributed by atoms with van der Waals surface area (Å²) in [6.45, 7) is 3.29. The van der Waals surface area contributed by atoms with E-state index in [1.807, 2.05) is 0 Å². The molecule has 1 aromatic carbocycles. The number of carboxylic acid groups (broad SMARTS) is 1. The first-order chi connectivity index (χ1) is 8.99. The molecule has 102 valence electrons. The molecule has 0 fully saturated rings. The number of para-hydroxylation sites is 1. The van der Waals surface area contributed by atoms with Gasteiger partial charge >= 0.3 is 11.9 Å². The van der Waals surface area contributed by atoms with E-state index in [0.717, 1.165) is 6.08 Å². The SMILES string of the molecule is CC(C)OC(=O)COc1ccccc1C=CC(=O)O. The average Bonchev–Trinajstić information content (AvgIpc) is 2.34. The van der Waals surface area contributed by atoms with Crippen LogP contribution in [0.15, 0.2) is 30.3 Å². The Kier molecular flexibility index (Phi) is 5.60. The van der Waals surface area contributed by atoms with Crippen LogP contribution in [0.4, 0.5) is 0 Å². The Morgan fingerprint density at radius 3 is 2.63 bits per heavy atom. The number of carbonyl (C=O) groups is 2. The van der Waals surface area contributed by atoms with Gasteiger partial charge in [0.25, 0.3) is 0 Å². The number of ether oxygens (including phenoxy) is 2. The van der Waals surface area contributed by atoms with E-state index in [1.54, 1.807) is 38.1 Å². The zero-order valence-corrected chi connectivity index (χ0v) is 10.8. The Hall–Kier alpha value is -2.30. The van der Waals surface area contributed by atoms with Gasteiger partial charge in [0.1, 0.15) is 5.75 Å². The Balaban J connectivity index is 2.68. The third-order valence-corrected chi connectivity index (χ3v) is 2.04. The molecule has 0 saturated carbocycles. The Labute approximate surface area is 111 Å². The van der Waals surface area contributed by atoms with Crippen LogP contribution in [0.3, 0.4) is 0 Å². The van der Waals surface area contributed by atoms with Gasteiger partial charge < -0.3 is 14.6 Å². The number of esters is 1. The van der Waals surface area contributed by atoms with Crippen LogP contribution in [-0.2, 0) is 14.3 Å². The molecule has 1 N–H and O–H groups in total. The van der Waals surface area contributed by atoms with E-state index < -0.39 is 11.9 Å². The lowest BCUT2D eigenvalue weighted by molar-refractivity contribution is -0.149. The molecule has 0 amide bonds. The van der Waals surface area contributed by atoms with Crippen molar-refractivity contribution in [2.45, 2.75) is 20.0 Å². The monoisotopic (exact) mass is 264 g/mol. The van der Waals surface area contributed by atoms with E-state index >= 15 is 0 Å². The van der Waals surface area contributed by atoms with Gasteiger partial charge in [-0.2, -0.15) is 0 Å². The largest absolute Gasteiger partial charge is 0.481 e. The molecule has 0 unspecified atom stereocenters. The van der Waals surface area contributed by atoms with Crippen LogP contribution < -0.4 is 4.74 Å². The third kappa shape index (κ3) is 5.72. The molecule has 0 aliphatic rings. The third-order valence-electron chi connectivity index (χ3n) is 2.04. The summed E-state index contributed by atoms with van der Waals surface area (Å²) >= 11 is 0. The summed E-state index contributed by atoms with van der Waals surface area (Å²) in [5, 5.41) is 8.58. The predicted octanol–water partition coefficient (Wildman–Crippen LogP) is 2.11. The first-order valence-corrected chi connectivity index (χ1v) is 5.81.